The molecule has 0 aliphatic rings. The van der Waals surface area contributed by atoms with Crippen molar-refractivity contribution in [3.63, 3.8) is 0 Å². The normalized spacial score (nSPS) is 13.9. The lowest BCUT2D eigenvalue weighted by atomic mass is 10.2. The van der Waals surface area contributed by atoms with Crippen molar-refractivity contribution in [1.29, 1.82) is 0 Å². The van der Waals surface area contributed by atoms with Crippen LogP contribution in [0.25, 0.3) is 0 Å². The number of halogens is 4. The first kappa shape index (κ1) is 18.4. The first-order valence-corrected chi connectivity index (χ1v) is 7.59. The van der Waals surface area contributed by atoms with Gasteiger partial charge in [0.25, 0.3) is 0 Å². The van der Waals surface area contributed by atoms with Crippen LogP contribution in [0, 0.1) is 5.82 Å². The van der Waals surface area contributed by atoms with Crippen molar-refractivity contribution >= 4 is 16.0 Å². The Morgan fingerprint density at radius 1 is 1.36 bits per heavy atom. The van der Waals surface area contributed by atoms with Crippen LogP contribution >= 0.6 is 0 Å². The largest absolute Gasteiger partial charge is 0.480 e. The molecule has 1 rings (SSSR count). The number of carbonyl (C=O) groups is 1. The standard InChI is InChI=1S/C12H13F4NO4S/c1-2-3-10(11(18)19)17-22(20,21)7-4-5-9(13)8(6-7)12(14,15)16/h4-6,10,17H,2-3H2,1H3,(H,18,19). The third-order valence-electron chi connectivity index (χ3n) is 2.73. The fourth-order valence-corrected chi connectivity index (χ4v) is 2.92. The molecule has 2 N–H and O–H groups in total. The highest BCUT2D eigenvalue weighted by Crippen LogP contribution is 2.32. The van der Waals surface area contributed by atoms with Crippen LogP contribution in [-0.4, -0.2) is 25.5 Å². The van der Waals surface area contributed by atoms with Crippen LogP contribution in [0.15, 0.2) is 23.1 Å². The van der Waals surface area contributed by atoms with Crippen LogP contribution in [0.3, 0.4) is 0 Å². The number of rotatable bonds is 6. The molecular formula is C12H13F4NO4S. The summed E-state index contributed by atoms with van der Waals surface area (Å²) in [6, 6.07) is -0.345. The Kier molecular flexibility index (Phi) is 5.52. The van der Waals surface area contributed by atoms with Gasteiger partial charge in [0.05, 0.1) is 10.5 Å². The minimum absolute atomic E-state index is 0.0398. The highest BCUT2D eigenvalue weighted by Gasteiger charge is 2.36. The van der Waals surface area contributed by atoms with Crippen LogP contribution in [0.4, 0.5) is 17.6 Å². The summed E-state index contributed by atoms with van der Waals surface area (Å²) in [5.41, 5.74) is -1.74. The first-order valence-electron chi connectivity index (χ1n) is 6.11. The topological polar surface area (TPSA) is 83.5 Å². The fraction of sp³-hybridized carbons (Fsp3) is 0.417. The molecule has 0 aromatic heterocycles. The second-order valence-corrected chi connectivity index (χ2v) is 6.15. The van der Waals surface area contributed by atoms with Gasteiger partial charge in [-0.1, -0.05) is 13.3 Å². The smallest absolute Gasteiger partial charge is 0.419 e. The third-order valence-corrected chi connectivity index (χ3v) is 4.20. The Bertz CT molecular complexity index is 658. The zero-order valence-electron chi connectivity index (χ0n) is 11.3. The lowest BCUT2D eigenvalue weighted by molar-refractivity contribution is -0.140. The molecule has 22 heavy (non-hydrogen) atoms. The Balaban J connectivity index is 3.21. The van der Waals surface area contributed by atoms with E-state index in [0.717, 1.165) is 0 Å². The second-order valence-electron chi connectivity index (χ2n) is 4.44. The van der Waals surface area contributed by atoms with E-state index in [4.69, 9.17) is 5.11 Å². The highest BCUT2D eigenvalue weighted by molar-refractivity contribution is 7.89. The quantitative estimate of drug-likeness (QED) is 0.777. The van der Waals surface area contributed by atoms with Crippen LogP contribution < -0.4 is 4.72 Å². The summed E-state index contributed by atoms with van der Waals surface area (Å²) >= 11 is 0. The number of carboxylic acid groups (broad SMARTS) is 1. The summed E-state index contributed by atoms with van der Waals surface area (Å²) in [5, 5.41) is 8.88. The van der Waals surface area contributed by atoms with Crippen molar-refractivity contribution in [2.45, 2.75) is 36.9 Å². The van der Waals surface area contributed by atoms with E-state index in [1.807, 2.05) is 0 Å². The molecule has 0 amide bonds. The van der Waals surface area contributed by atoms with Gasteiger partial charge in [-0.2, -0.15) is 17.9 Å². The molecule has 1 unspecified atom stereocenters. The molecule has 0 spiro atoms. The SMILES string of the molecule is CCCC(NS(=O)(=O)c1ccc(F)c(C(F)(F)F)c1)C(=O)O. The van der Waals surface area contributed by atoms with Gasteiger partial charge in [0.1, 0.15) is 11.9 Å². The molecule has 1 atom stereocenters. The van der Waals surface area contributed by atoms with Gasteiger partial charge < -0.3 is 5.11 Å². The van der Waals surface area contributed by atoms with E-state index in [1.165, 1.54) is 0 Å². The molecule has 5 nitrogen and oxygen atoms in total. The zero-order valence-corrected chi connectivity index (χ0v) is 12.1. The minimum Gasteiger partial charge on any atom is -0.480 e. The maximum Gasteiger partial charge on any atom is 0.419 e. The summed E-state index contributed by atoms with van der Waals surface area (Å²) in [6.45, 7) is 1.61. The Morgan fingerprint density at radius 3 is 2.41 bits per heavy atom. The minimum atomic E-state index is -5.06. The van der Waals surface area contributed by atoms with Crippen molar-refractivity contribution in [3.05, 3.63) is 29.6 Å². The number of nitrogens with one attached hydrogen (secondary N) is 1. The third kappa shape index (κ3) is 4.41. The molecule has 124 valence electrons. The number of hydrogen-bond acceptors (Lipinski definition) is 3. The number of hydrogen-bond donors (Lipinski definition) is 2. The van der Waals surface area contributed by atoms with Crippen molar-refractivity contribution < 1.29 is 35.9 Å². The number of aliphatic carboxylic acids is 1. The predicted octanol–water partition coefficient (Wildman–Crippen LogP) is 2.38. The Morgan fingerprint density at radius 2 is 1.95 bits per heavy atom. The summed E-state index contributed by atoms with van der Waals surface area (Å²) < 4.78 is 76.6. The summed E-state index contributed by atoms with van der Waals surface area (Å²) in [4.78, 5) is 10.1. The van der Waals surface area contributed by atoms with E-state index >= 15 is 0 Å². The molecule has 0 saturated heterocycles. The fourth-order valence-electron chi connectivity index (χ4n) is 1.67. The molecule has 1 aromatic carbocycles. The van der Waals surface area contributed by atoms with E-state index in [0.29, 0.717) is 18.6 Å². The molecule has 0 aliphatic heterocycles. The monoisotopic (exact) mass is 343 g/mol. The van der Waals surface area contributed by atoms with Crippen molar-refractivity contribution in [1.82, 2.24) is 4.72 Å². The number of carboxylic acids is 1. The molecular weight excluding hydrogens is 330 g/mol. The maximum absolute atomic E-state index is 13.1. The Labute approximate surface area is 124 Å². The average Bonchev–Trinajstić information content (AvgIpc) is 2.36. The van der Waals surface area contributed by atoms with Gasteiger partial charge in [-0.05, 0) is 24.6 Å². The second kappa shape index (κ2) is 6.61. The molecule has 0 bridgehead atoms. The van der Waals surface area contributed by atoms with E-state index in [2.05, 4.69) is 0 Å². The van der Waals surface area contributed by atoms with Gasteiger partial charge in [-0.15, -0.1) is 0 Å². The number of alkyl halides is 3. The zero-order chi connectivity index (χ0) is 17.1. The summed E-state index contributed by atoms with van der Waals surface area (Å²) in [6.07, 6.45) is -4.76. The summed E-state index contributed by atoms with van der Waals surface area (Å²) in [7, 11) is -4.52. The van der Waals surface area contributed by atoms with Gasteiger partial charge in [0, 0.05) is 0 Å². The predicted molar refractivity (Wildman–Crippen MR) is 68.1 cm³/mol. The van der Waals surface area contributed by atoms with Gasteiger partial charge >= 0.3 is 12.1 Å². The lowest BCUT2D eigenvalue weighted by Gasteiger charge is -2.15. The molecule has 0 aliphatic carbocycles. The van der Waals surface area contributed by atoms with Gasteiger partial charge in [0.2, 0.25) is 10.0 Å². The van der Waals surface area contributed by atoms with E-state index < -0.39 is 44.5 Å². The van der Waals surface area contributed by atoms with Crippen molar-refractivity contribution in [3.8, 4) is 0 Å². The van der Waals surface area contributed by atoms with Crippen LogP contribution in [0.5, 0.6) is 0 Å². The number of benzene rings is 1. The highest BCUT2D eigenvalue weighted by atomic mass is 32.2. The number of sulfonamides is 1. The molecule has 10 heteroatoms. The Hall–Kier alpha value is -1.68. The molecule has 1 aromatic rings. The lowest BCUT2D eigenvalue weighted by Crippen LogP contribution is -2.40. The molecule has 0 heterocycles. The molecule has 0 radical (unpaired) electrons. The molecule has 0 fully saturated rings. The van der Waals surface area contributed by atoms with Crippen molar-refractivity contribution in [2.24, 2.45) is 0 Å². The van der Waals surface area contributed by atoms with E-state index in [-0.39, 0.29) is 12.5 Å². The van der Waals surface area contributed by atoms with Gasteiger partial charge in [0.15, 0.2) is 0 Å². The van der Waals surface area contributed by atoms with E-state index in [1.54, 1.807) is 11.6 Å². The van der Waals surface area contributed by atoms with E-state index in [9.17, 15) is 30.8 Å². The first-order chi connectivity index (χ1) is 9.99. The van der Waals surface area contributed by atoms with Gasteiger partial charge in [-0.25, -0.2) is 12.8 Å². The van der Waals surface area contributed by atoms with Gasteiger partial charge in [-0.3, -0.25) is 4.79 Å². The maximum atomic E-state index is 13.1. The molecule has 0 saturated carbocycles. The van der Waals surface area contributed by atoms with Crippen LogP contribution in [0.2, 0.25) is 0 Å². The van der Waals surface area contributed by atoms with Crippen molar-refractivity contribution in [2.75, 3.05) is 0 Å². The van der Waals surface area contributed by atoms with Crippen LogP contribution in [0.1, 0.15) is 25.3 Å². The van der Waals surface area contributed by atoms with Crippen LogP contribution in [-0.2, 0) is 21.0 Å². The average molecular weight is 343 g/mol. The summed E-state index contributed by atoms with van der Waals surface area (Å²) in [5.74, 6) is -3.07.